The Labute approximate surface area is 297 Å². The number of nitrogens with zero attached hydrogens (tertiary/aromatic N) is 2. The van der Waals surface area contributed by atoms with E-state index in [1.807, 2.05) is 65.4 Å². The summed E-state index contributed by atoms with van der Waals surface area (Å²) in [5.74, 6) is 0. The summed E-state index contributed by atoms with van der Waals surface area (Å²) in [6, 6.07) is 24.1. The van der Waals surface area contributed by atoms with Gasteiger partial charge >= 0.3 is 26.5 Å². The van der Waals surface area contributed by atoms with Crippen molar-refractivity contribution in [3.05, 3.63) is 133 Å². The lowest BCUT2D eigenvalue weighted by atomic mass is 9.84. The van der Waals surface area contributed by atoms with E-state index in [4.69, 9.17) is 4.98 Å². The lowest BCUT2D eigenvalue weighted by molar-refractivity contribution is 0.0557. The molecule has 0 radical (unpaired) electrons. The van der Waals surface area contributed by atoms with Crippen molar-refractivity contribution >= 4 is 79.5 Å². The summed E-state index contributed by atoms with van der Waals surface area (Å²) in [5, 5.41) is 1.44. The molecule has 2 aromatic heterocycles. The van der Waals surface area contributed by atoms with E-state index in [1.54, 1.807) is 0 Å². The minimum atomic E-state index is -5.87. The van der Waals surface area contributed by atoms with Crippen LogP contribution in [0.15, 0.2) is 106 Å². The van der Waals surface area contributed by atoms with Crippen LogP contribution in [0.3, 0.4) is 0 Å². The number of benzene rings is 4. The fraction of sp³-hybridized carbons (Fsp3) is 0.156. The topological polar surface area (TPSA) is 133 Å². The van der Waals surface area contributed by atoms with E-state index in [0.29, 0.717) is 21.7 Å². The quantitative estimate of drug-likeness (QED) is 0.0797. The number of alkyl halides is 4. The highest BCUT2D eigenvalue weighted by molar-refractivity contribution is 9.10. The summed E-state index contributed by atoms with van der Waals surface area (Å²) in [6.07, 6.45) is 1.99. The molecule has 0 unspecified atom stereocenters. The Hall–Kier alpha value is -2.71. The molecule has 8 nitrogen and oxygen atoms in total. The first kappa shape index (κ1) is 36.1. The van der Waals surface area contributed by atoms with Crippen LogP contribution in [-0.2, 0) is 38.8 Å². The van der Waals surface area contributed by atoms with Gasteiger partial charge in [0.2, 0.25) is 0 Å². The van der Waals surface area contributed by atoms with Gasteiger partial charge in [0.15, 0.2) is 0 Å². The fourth-order valence-electron chi connectivity index (χ4n) is 5.83. The van der Waals surface area contributed by atoms with Crippen LogP contribution in [0, 0.1) is 0 Å². The molecule has 4 aromatic carbocycles. The number of hydrogen-bond acceptors (Lipinski definition) is 4. The molecule has 0 saturated carbocycles. The maximum Gasteiger partial charge on any atom is 0.399 e. The average molecular weight is 862 g/mol. The Morgan fingerprint density at radius 3 is 1.73 bits per heavy atom. The van der Waals surface area contributed by atoms with Gasteiger partial charge in [-0.1, -0.05) is 86.5 Å². The van der Waals surface area contributed by atoms with Crippen molar-refractivity contribution in [2.75, 3.05) is 0 Å². The molecule has 6 rings (SSSR count). The van der Waals surface area contributed by atoms with Crippen LogP contribution in [-0.4, -0.2) is 29.1 Å². The molecular weight excluding hydrogens is 838 g/mol. The maximum atomic E-state index is 14.8. The molecule has 0 atom stereocenters. The lowest BCUT2D eigenvalue weighted by Gasteiger charge is -2.36. The zero-order chi connectivity index (χ0) is 35.6. The third-order valence-electron chi connectivity index (χ3n) is 8.19. The van der Waals surface area contributed by atoms with Gasteiger partial charge in [0, 0.05) is 44.6 Å². The van der Waals surface area contributed by atoms with Crippen LogP contribution >= 0.6 is 58.4 Å². The van der Waals surface area contributed by atoms with E-state index in [2.05, 4.69) is 31.9 Å². The number of rotatable bonds is 10. The number of thiazole rings is 1. The largest absolute Gasteiger partial charge is 0.399 e. The van der Waals surface area contributed by atoms with Crippen LogP contribution in [0.5, 0.6) is 0 Å². The molecule has 0 amide bonds. The first-order chi connectivity index (χ1) is 22.8. The average Bonchev–Trinajstić information content (AvgIpc) is 3.65. The summed E-state index contributed by atoms with van der Waals surface area (Å²) >= 11 is 7.56. The first-order valence-corrected chi connectivity index (χ1v) is 19.9. The highest BCUT2D eigenvalue weighted by Gasteiger charge is 2.52. The summed E-state index contributed by atoms with van der Waals surface area (Å²) in [7, 11) is -11.7. The third kappa shape index (κ3) is 6.50. The maximum absolute atomic E-state index is 14.8. The van der Waals surface area contributed by atoms with Crippen molar-refractivity contribution in [2.24, 2.45) is 0 Å². The molecule has 6 aromatic rings. The zero-order valence-corrected chi connectivity index (χ0v) is 30.5. The van der Waals surface area contributed by atoms with Gasteiger partial charge in [-0.15, -0.1) is 11.3 Å². The van der Waals surface area contributed by atoms with Gasteiger partial charge in [0.25, 0.3) is 0 Å². The molecule has 17 heteroatoms. The van der Waals surface area contributed by atoms with Gasteiger partial charge in [0.05, 0.1) is 10.2 Å². The third-order valence-corrected chi connectivity index (χ3v) is 12.7. The Bertz CT molecular complexity index is 2210. The van der Waals surface area contributed by atoms with Crippen molar-refractivity contribution in [1.82, 2.24) is 9.55 Å². The van der Waals surface area contributed by atoms with Gasteiger partial charge in [-0.3, -0.25) is 9.13 Å². The normalized spacial score (nSPS) is 13.4. The SMILES string of the molecule is O=P(O)(O)C(F)(F)c1ccc(CC(Cc2ccc(C(F)(F)P(=O)(O)O)c(Br)c2)(c2nc3ccccc3s2)n2ccc3ccccc32)cc1Br. The van der Waals surface area contributed by atoms with E-state index in [1.165, 1.54) is 35.6 Å². The van der Waals surface area contributed by atoms with Crippen LogP contribution in [0.4, 0.5) is 17.6 Å². The molecule has 4 N–H and O–H groups in total. The van der Waals surface area contributed by atoms with Crippen LogP contribution < -0.4 is 0 Å². The predicted molar refractivity (Wildman–Crippen MR) is 186 cm³/mol. The highest BCUT2D eigenvalue weighted by Crippen LogP contribution is 2.61. The van der Waals surface area contributed by atoms with Gasteiger partial charge in [0.1, 0.15) is 10.5 Å². The summed E-state index contributed by atoms with van der Waals surface area (Å²) in [5.41, 5.74) is -9.50. The van der Waals surface area contributed by atoms with Crippen LogP contribution in [0.25, 0.3) is 21.1 Å². The molecule has 0 aliphatic carbocycles. The van der Waals surface area contributed by atoms with Crippen molar-refractivity contribution in [2.45, 2.75) is 29.7 Å². The van der Waals surface area contributed by atoms with Gasteiger partial charge in [-0.2, -0.15) is 17.6 Å². The van der Waals surface area contributed by atoms with Gasteiger partial charge < -0.3 is 24.1 Å². The minimum Gasteiger partial charge on any atom is -0.334 e. The van der Waals surface area contributed by atoms with E-state index in [-0.39, 0.29) is 21.8 Å². The molecule has 0 aliphatic heterocycles. The summed E-state index contributed by atoms with van der Waals surface area (Å²) in [6.45, 7) is 0. The van der Waals surface area contributed by atoms with Crippen molar-refractivity contribution in [3.63, 3.8) is 0 Å². The minimum absolute atomic E-state index is 0.0733. The van der Waals surface area contributed by atoms with Gasteiger partial charge in [-0.25, -0.2) is 4.98 Å². The fourth-order valence-corrected chi connectivity index (χ4v) is 9.65. The van der Waals surface area contributed by atoms with E-state index >= 15 is 0 Å². The molecule has 0 spiro atoms. The van der Waals surface area contributed by atoms with E-state index in [0.717, 1.165) is 27.7 Å². The smallest absolute Gasteiger partial charge is 0.334 e. The van der Waals surface area contributed by atoms with Gasteiger partial charge in [-0.05, 0) is 52.9 Å². The second-order valence-electron chi connectivity index (χ2n) is 11.4. The van der Waals surface area contributed by atoms with Crippen LogP contribution in [0.1, 0.15) is 27.3 Å². The van der Waals surface area contributed by atoms with E-state index < -0.39 is 43.2 Å². The molecule has 0 bridgehead atoms. The Morgan fingerprint density at radius 2 is 1.22 bits per heavy atom. The number of hydrogen-bond donors (Lipinski definition) is 4. The Kier molecular flexibility index (Phi) is 9.43. The summed E-state index contributed by atoms with van der Waals surface area (Å²) in [4.78, 5) is 42.4. The molecular formula is C32H24Br2F4N2O6P2S. The van der Waals surface area contributed by atoms with Crippen molar-refractivity contribution in [1.29, 1.82) is 0 Å². The number of aromatic nitrogens is 2. The number of fused-ring (bicyclic) bond motifs is 2. The van der Waals surface area contributed by atoms with E-state index in [9.17, 15) is 46.3 Å². The lowest BCUT2D eigenvalue weighted by Crippen LogP contribution is -2.39. The Balaban J connectivity index is 1.59. The second-order valence-corrected chi connectivity index (χ2v) is 17.5. The molecule has 0 aliphatic rings. The zero-order valence-electron chi connectivity index (χ0n) is 24.7. The molecule has 0 saturated heterocycles. The predicted octanol–water partition coefficient (Wildman–Crippen LogP) is 9.46. The molecule has 256 valence electrons. The molecule has 0 fully saturated rings. The van der Waals surface area contributed by atoms with Crippen molar-refractivity contribution in [3.8, 4) is 0 Å². The highest BCUT2D eigenvalue weighted by atomic mass is 79.9. The Morgan fingerprint density at radius 1 is 0.714 bits per heavy atom. The molecule has 49 heavy (non-hydrogen) atoms. The number of para-hydroxylation sites is 2. The molecule has 2 heterocycles. The second kappa shape index (κ2) is 12.8. The van der Waals surface area contributed by atoms with Crippen molar-refractivity contribution < 1.29 is 46.3 Å². The number of halogens is 6. The summed E-state index contributed by atoms with van der Waals surface area (Å²) < 4.78 is 84.8. The standard InChI is InChI=1S/C32H24Br2F4N2O6P2S/c33-24-15-19(9-11-22(24)31(35,36)47(41,42)43)17-30(29-39-26-6-2-4-8-28(26)49-29,40-14-13-21-5-1-3-7-27(21)40)18-20-10-12-23(25(34)16-20)32(37,38)48(44,45)46/h1-16H,17-18H2,(H2,41,42,43)(H2,44,45,46). The monoisotopic (exact) mass is 860 g/mol. The first-order valence-electron chi connectivity index (χ1n) is 14.2. The van der Waals surface area contributed by atoms with Crippen LogP contribution in [0.2, 0.25) is 0 Å².